The molecule has 0 saturated heterocycles. The van der Waals surface area contributed by atoms with E-state index in [1.165, 1.54) is 18.2 Å². The summed E-state index contributed by atoms with van der Waals surface area (Å²) in [7, 11) is -4.48. The van der Waals surface area contributed by atoms with Crippen LogP contribution >= 0.6 is 11.6 Å². The third-order valence-electron chi connectivity index (χ3n) is 4.04. The van der Waals surface area contributed by atoms with Crippen LogP contribution in [-0.4, -0.2) is 24.5 Å². The molecule has 3 aromatic rings. The van der Waals surface area contributed by atoms with Crippen LogP contribution in [0.3, 0.4) is 0 Å². The SMILES string of the molecule is NC(=O)C(c1ccc(-c2nnc(C(F)(F)F)o2)c(S(N)(=O)=O)c1)c1ccccc1Cl. The number of amides is 1. The average Bonchev–Trinajstić information content (AvgIpc) is 3.13. The smallest absolute Gasteiger partial charge is 0.413 e. The number of aromatic nitrogens is 2. The molecule has 0 aliphatic heterocycles. The Balaban J connectivity index is 2.19. The van der Waals surface area contributed by atoms with E-state index in [0.29, 0.717) is 5.56 Å². The van der Waals surface area contributed by atoms with E-state index in [1.807, 2.05) is 0 Å². The first-order valence-electron chi connectivity index (χ1n) is 8.01. The van der Waals surface area contributed by atoms with E-state index in [0.717, 1.165) is 12.1 Å². The number of nitrogens with two attached hydrogens (primary N) is 2. The summed E-state index contributed by atoms with van der Waals surface area (Å²) in [6.45, 7) is 0. The molecule has 0 aliphatic carbocycles. The molecule has 13 heteroatoms. The molecular formula is C17H12ClF3N4O4S. The lowest BCUT2D eigenvalue weighted by Gasteiger charge is -2.17. The summed E-state index contributed by atoms with van der Waals surface area (Å²) < 4.78 is 66.9. The lowest BCUT2D eigenvalue weighted by Crippen LogP contribution is -2.23. The molecule has 3 rings (SSSR count). The van der Waals surface area contributed by atoms with E-state index in [2.05, 4.69) is 14.6 Å². The van der Waals surface area contributed by atoms with E-state index < -0.39 is 44.7 Å². The zero-order chi connectivity index (χ0) is 22.3. The number of hydrogen-bond donors (Lipinski definition) is 2. The summed E-state index contributed by atoms with van der Waals surface area (Å²) in [6, 6.07) is 9.63. The number of rotatable bonds is 5. The quantitative estimate of drug-likeness (QED) is 0.599. The largest absolute Gasteiger partial charge is 0.470 e. The molecule has 1 aromatic heterocycles. The Bertz CT molecular complexity index is 1230. The van der Waals surface area contributed by atoms with Crippen LogP contribution in [0.25, 0.3) is 11.5 Å². The van der Waals surface area contributed by atoms with Crippen molar-refractivity contribution in [3.05, 3.63) is 64.5 Å². The van der Waals surface area contributed by atoms with E-state index >= 15 is 0 Å². The number of primary sulfonamides is 1. The Kier molecular flexibility index (Phi) is 5.58. The van der Waals surface area contributed by atoms with Gasteiger partial charge >= 0.3 is 12.1 Å². The van der Waals surface area contributed by atoms with Gasteiger partial charge in [0.15, 0.2) is 0 Å². The van der Waals surface area contributed by atoms with Crippen LogP contribution in [0.2, 0.25) is 5.02 Å². The fraction of sp³-hybridized carbons (Fsp3) is 0.118. The molecule has 158 valence electrons. The highest BCUT2D eigenvalue weighted by atomic mass is 35.5. The molecule has 0 bridgehead atoms. The highest BCUT2D eigenvalue weighted by molar-refractivity contribution is 7.89. The van der Waals surface area contributed by atoms with Crippen LogP contribution in [0.1, 0.15) is 22.9 Å². The van der Waals surface area contributed by atoms with Crippen molar-refractivity contribution in [3.63, 3.8) is 0 Å². The number of benzene rings is 2. The fourth-order valence-corrected chi connectivity index (χ4v) is 3.79. The molecule has 0 spiro atoms. The highest BCUT2D eigenvalue weighted by Gasteiger charge is 2.38. The van der Waals surface area contributed by atoms with Gasteiger partial charge in [0, 0.05) is 5.02 Å². The molecule has 2 aromatic carbocycles. The van der Waals surface area contributed by atoms with Crippen LogP contribution < -0.4 is 10.9 Å². The van der Waals surface area contributed by atoms with Gasteiger partial charge < -0.3 is 10.2 Å². The van der Waals surface area contributed by atoms with E-state index in [9.17, 15) is 26.4 Å². The van der Waals surface area contributed by atoms with Crippen molar-refractivity contribution in [2.75, 3.05) is 0 Å². The Morgan fingerprint density at radius 2 is 1.80 bits per heavy atom. The van der Waals surface area contributed by atoms with Gasteiger partial charge in [-0.05, 0) is 29.3 Å². The van der Waals surface area contributed by atoms with Crippen molar-refractivity contribution in [1.29, 1.82) is 0 Å². The minimum absolute atomic E-state index is 0.0962. The molecule has 1 heterocycles. The minimum atomic E-state index is -4.92. The number of nitrogens with zero attached hydrogens (tertiary/aromatic N) is 2. The molecule has 0 aliphatic rings. The summed E-state index contributed by atoms with van der Waals surface area (Å²) in [5.41, 5.74) is 5.52. The lowest BCUT2D eigenvalue weighted by molar-refractivity contribution is -0.157. The Hall–Kier alpha value is -2.96. The van der Waals surface area contributed by atoms with Crippen molar-refractivity contribution in [2.45, 2.75) is 17.0 Å². The second-order valence-corrected chi connectivity index (χ2v) is 8.00. The average molecular weight is 461 g/mol. The summed E-state index contributed by atoms with van der Waals surface area (Å²) in [4.78, 5) is 11.5. The summed E-state index contributed by atoms with van der Waals surface area (Å²) in [6.07, 6.45) is -4.92. The third-order valence-corrected chi connectivity index (χ3v) is 5.34. The monoisotopic (exact) mass is 460 g/mol. The lowest BCUT2D eigenvalue weighted by atomic mass is 9.90. The number of carbonyl (C=O) groups excluding carboxylic acids is 1. The van der Waals surface area contributed by atoms with Crippen LogP contribution in [0.4, 0.5) is 13.2 Å². The van der Waals surface area contributed by atoms with Gasteiger partial charge in [-0.2, -0.15) is 13.2 Å². The Morgan fingerprint density at radius 3 is 2.33 bits per heavy atom. The van der Waals surface area contributed by atoms with Crippen LogP contribution in [0.5, 0.6) is 0 Å². The Labute approximate surface area is 172 Å². The van der Waals surface area contributed by atoms with Crippen molar-refractivity contribution < 1.29 is 30.8 Å². The second-order valence-electron chi connectivity index (χ2n) is 6.07. The minimum Gasteiger partial charge on any atom is -0.413 e. The van der Waals surface area contributed by atoms with Crippen LogP contribution in [-0.2, 0) is 21.0 Å². The standard InChI is InChI=1S/C17H12ClF3N4O4S/c18-11-4-2-1-3-9(11)13(14(22)26)8-5-6-10(12(7-8)30(23,27)28)15-24-25-16(29-15)17(19,20)21/h1-7,13H,(H2,22,26)(H2,23,27,28). The van der Waals surface area contributed by atoms with Gasteiger partial charge in [-0.3, -0.25) is 4.79 Å². The van der Waals surface area contributed by atoms with Crippen LogP contribution in [0.15, 0.2) is 51.8 Å². The number of carbonyl (C=O) groups is 1. The van der Waals surface area contributed by atoms with Gasteiger partial charge in [0.05, 0.1) is 16.4 Å². The van der Waals surface area contributed by atoms with E-state index in [4.69, 9.17) is 22.5 Å². The number of halogens is 4. The number of alkyl halides is 3. The van der Waals surface area contributed by atoms with Crippen molar-refractivity contribution in [2.24, 2.45) is 10.9 Å². The van der Waals surface area contributed by atoms with Crippen molar-refractivity contribution >= 4 is 27.5 Å². The molecule has 0 radical (unpaired) electrons. The van der Waals surface area contributed by atoms with Crippen LogP contribution in [0, 0.1) is 0 Å². The summed E-state index contributed by atoms with van der Waals surface area (Å²) in [5, 5.41) is 11.5. The van der Waals surface area contributed by atoms with Crippen molar-refractivity contribution in [1.82, 2.24) is 10.2 Å². The summed E-state index contributed by atoms with van der Waals surface area (Å²) in [5.74, 6) is -4.37. The van der Waals surface area contributed by atoms with E-state index in [1.54, 1.807) is 12.1 Å². The topological polar surface area (TPSA) is 142 Å². The molecule has 8 nitrogen and oxygen atoms in total. The first kappa shape index (κ1) is 21.7. The maximum atomic E-state index is 12.7. The zero-order valence-corrected chi connectivity index (χ0v) is 16.3. The molecular weight excluding hydrogens is 449 g/mol. The van der Waals surface area contributed by atoms with Gasteiger partial charge in [0.1, 0.15) is 0 Å². The second kappa shape index (κ2) is 7.70. The molecule has 30 heavy (non-hydrogen) atoms. The molecule has 4 N–H and O–H groups in total. The van der Waals surface area contributed by atoms with Gasteiger partial charge in [0.2, 0.25) is 21.8 Å². The maximum absolute atomic E-state index is 12.7. The van der Waals surface area contributed by atoms with Gasteiger partial charge in [0.25, 0.3) is 0 Å². The predicted molar refractivity (Wildman–Crippen MR) is 98.6 cm³/mol. The number of sulfonamides is 1. The highest BCUT2D eigenvalue weighted by Crippen LogP contribution is 2.36. The molecule has 1 unspecified atom stereocenters. The molecule has 0 fully saturated rings. The molecule has 0 saturated carbocycles. The van der Waals surface area contributed by atoms with Gasteiger partial charge in [-0.25, -0.2) is 13.6 Å². The predicted octanol–water partition coefficient (Wildman–Crippen LogP) is 2.67. The normalized spacial score (nSPS) is 13.2. The van der Waals surface area contributed by atoms with Gasteiger partial charge in [-0.1, -0.05) is 35.9 Å². The number of primary amides is 1. The van der Waals surface area contributed by atoms with E-state index in [-0.39, 0.29) is 16.1 Å². The number of hydrogen-bond acceptors (Lipinski definition) is 6. The van der Waals surface area contributed by atoms with Crippen molar-refractivity contribution in [3.8, 4) is 11.5 Å². The zero-order valence-electron chi connectivity index (χ0n) is 14.7. The molecule has 1 atom stereocenters. The fourth-order valence-electron chi connectivity index (χ4n) is 2.78. The summed E-state index contributed by atoms with van der Waals surface area (Å²) >= 11 is 6.12. The first-order valence-corrected chi connectivity index (χ1v) is 9.93. The Morgan fingerprint density at radius 1 is 1.13 bits per heavy atom. The third kappa shape index (κ3) is 4.30. The maximum Gasteiger partial charge on any atom is 0.470 e. The molecule has 1 amide bonds. The van der Waals surface area contributed by atoms with Gasteiger partial charge in [-0.15, -0.1) is 10.2 Å². The first-order chi connectivity index (χ1) is 13.9.